The summed E-state index contributed by atoms with van der Waals surface area (Å²) in [5.41, 5.74) is 2.72. The lowest BCUT2D eigenvalue weighted by molar-refractivity contribution is 0.0932. The second-order valence-electron chi connectivity index (χ2n) is 6.47. The van der Waals surface area contributed by atoms with Crippen LogP contribution in [0.1, 0.15) is 27.8 Å². The zero-order chi connectivity index (χ0) is 20.2. The highest BCUT2D eigenvalue weighted by atomic mass is 16.5. The fraction of sp³-hybridized carbons (Fsp3) is 0.136. The molecule has 29 heavy (non-hydrogen) atoms. The molecule has 0 fully saturated rings. The predicted octanol–water partition coefficient (Wildman–Crippen LogP) is 3.60. The van der Waals surface area contributed by atoms with E-state index in [4.69, 9.17) is 9.26 Å². The van der Waals surface area contributed by atoms with E-state index in [9.17, 15) is 4.79 Å². The number of benzene rings is 2. The van der Waals surface area contributed by atoms with Crippen molar-refractivity contribution in [3.63, 3.8) is 0 Å². The number of para-hydroxylation sites is 1. The Labute approximate surface area is 167 Å². The Hall–Kier alpha value is -3.87. The Balaban J connectivity index is 1.62. The lowest BCUT2D eigenvalue weighted by atomic mass is 10.0. The van der Waals surface area contributed by atoms with Crippen molar-refractivity contribution in [1.29, 1.82) is 0 Å². The summed E-state index contributed by atoms with van der Waals surface area (Å²) in [5, 5.41) is 11.2. The largest absolute Gasteiger partial charge is 0.496 e. The Kier molecular flexibility index (Phi) is 5.11. The number of carbonyl (C=O) groups excluding carboxylic acids is 1. The second-order valence-corrected chi connectivity index (χ2v) is 6.47. The molecule has 0 saturated heterocycles. The quantitative estimate of drug-likeness (QED) is 0.546. The SMILES string of the molecule is COc1ccccc1-c1cc(C(=O)NC(c2ccccc2)c2ccnn2C)no1. The van der Waals surface area contributed by atoms with Crippen molar-refractivity contribution in [3.05, 3.63) is 89.9 Å². The van der Waals surface area contributed by atoms with E-state index in [1.807, 2.05) is 67.7 Å². The number of nitrogens with one attached hydrogen (secondary N) is 1. The Bertz CT molecular complexity index is 1120. The van der Waals surface area contributed by atoms with E-state index in [0.717, 1.165) is 16.8 Å². The number of methoxy groups -OCH3 is 1. The molecule has 146 valence electrons. The van der Waals surface area contributed by atoms with Crippen LogP contribution >= 0.6 is 0 Å². The topological polar surface area (TPSA) is 82.2 Å². The maximum Gasteiger partial charge on any atom is 0.274 e. The molecule has 0 aliphatic heterocycles. The summed E-state index contributed by atoms with van der Waals surface area (Å²) in [4.78, 5) is 12.9. The molecule has 1 N–H and O–H groups in total. The van der Waals surface area contributed by atoms with Crippen LogP contribution < -0.4 is 10.1 Å². The van der Waals surface area contributed by atoms with Crippen molar-refractivity contribution >= 4 is 5.91 Å². The molecule has 0 aliphatic carbocycles. The zero-order valence-electron chi connectivity index (χ0n) is 16.1. The number of ether oxygens (including phenoxy) is 1. The van der Waals surface area contributed by atoms with Crippen molar-refractivity contribution in [2.24, 2.45) is 7.05 Å². The fourth-order valence-corrected chi connectivity index (χ4v) is 3.20. The van der Waals surface area contributed by atoms with E-state index < -0.39 is 0 Å². The Morgan fingerprint density at radius 2 is 1.86 bits per heavy atom. The average molecular weight is 388 g/mol. The summed E-state index contributed by atoms with van der Waals surface area (Å²) in [7, 11) is 3.43. The van der Waals surface area contributed by atoms with Gasteiger partial charge in [0, 0.05) is 19.3 Å². The number of hydrogen-bond donors (Lipinski definition) is 1. The summed E-state index contributed by atoms with van der Waals surface area (Å²) in [6.07, 6.45) is 1.70. The van der Waals surface area contributed by atoms with Crippen LogP contribution in [-0.4, -0.2) is 28.0 Å². The molecule has 1 amide bonds. The number of amides is 1. The highest BCUT2D eigenvalue weighted by molar-refractivity contribution is 5.93. The normalized spacial score (nSPS) is 11.8. The van der Waals surface area contributed by atoms with Crippen molar-refractivity contribution in [1.82, 2.24) is 20.3 Å². The first-order valence-corrected chi connectivity index (χ1v) is 9.11. The van der Waals surface area contributed by atoms with Crippen LogP contribution in [0.5, 0.6) is 5.75 Å². The van der Waals surface area contributed by atoms with Gasteiger partial charge in [-0.15, -0.1) is 0 Å². The lowest BCUT2D eigenvalue weighted by Crippen LogP contribution is -2.30. The van der Waals surface area contributed by atoms with Gasteiger partial charge in [0.2, 0.25) is 0 Å². The van der Waals surface area contributed by atoms with Crippen LogP contribution in [0.25, 0.3) is 11.3 Å². The number of rotatable bonds is 6. The second kappa shape index (κ2) is 8.02. The van der Waals surface area contributed by atoms with Crippen molar-refractivity contribution < 1.29 is 14.1 Å². The lowest BCUT2D eigenvalue weighted by Gasteiger charge is -2.19. The van der Waals surface area contributed by atoms with E-state index in [2.05, 4.69) is 15.6 Å². The molecule has 0 saturated carbocycles. The molecule has 1 atom stereocenters. The molecule has 4 aromatic rings. The molecule has 0 spiro atoms. The highest BCUT2D eigenvalue weighted by Crippen LogP contribution is 2.30. The minimum absolute atomic E-state index is 0.189. The molecular formula is C22H20N4O3. The molecule has 0 bridgehead atoms. The number of nitrogens with zero attached hydrogens (tertiary/aromatic N) is 3. The summed E-state index contributed by atoms with van der Waals surface area (Å²) < 4.78 is 12.5. The summed E-state index contributed by atoms with van der Waals surface area (Å²) in [6.45, 7) is 0. The van der Waals surface area contributed by atoms with Gasteiger partial charge in [-0.2, -0.15) is 5.10 Å². The van der Waals surface area contributed by atoms with Crippen LogP contribution in [-0.2, 0) is 7.05 Å². The fourth-order valence-electron chi connectivity index (χ4n) is 3.20. The molecule has 0 radical (unpaired) electrons. The molecule has 4 rings (SSSR count). The first-order chi connectivity index (χ1) is 14.2. The smallest absolute Gasteiger partial charge is 0.274 e. The van der Waals surface area contributed by atoms with Gasteiger partial charge in [-0.3, -0.25) is 9.48 Å². The first kappa shape index (κ1) is 18.5. The maximum atomic E-state index is 12.9. The monoisotopic (exact) mass is 388 g/mol. The van der Waals surface area contributed by atoms with Gasteiger partial charge in [0.25, 0.3) is 5.91 Å². The van der Waals surface area contributed by atoms with Crippen LogP contribution in [0.3, 0.4) is 0 Å². The summed E-state index contributed by atoms with van der Waals surface area (Å²) in [5.74, 6) is 0.766. The van der Waals surface area contributed by atoms with Gasteiger partial charge in [-0.1, -0.05) is 47.6 Å². The minimum Gasteiger partial charge on any atom is -0.496 e. The van der Waals surface area contributed by atoms with Crippen LogP contribution in [0.15, 0.2) is 77.4 Å². The van der Waals surface area contributed by atoms with Gasteiger partial charge in [0.05, 0.1) is 24.4 Å². The highest BCUT2D eigenvalue weighted by Gasteiger charge is 2.23. The molecule has 2 aromatic carbocycles. The third-order valence-corrected chi connectivity index (χ3v) is 4.68. The van der Waals surface area contributed by atoms with Gasteiger partial charge >= 0.3 is 0 Å². The number of carbonyl (C=O) groups is 1. The molecule has 2 heterocycles. The van der Waals surface area contributed by atoms with Crippen molar-refractivity contribution in [2.75, 3.05) is 7.11 Å². The molecule has 7 heteroatoms. The van der Waals surface area contributed by atoms with Gasteiger partial charge in [0.1, 0.15) is 5.75 Å². The number of aryl methyl sites for hydroxylation is 1. The summed E-state index contributed by atoms with van der Waals surface area (Å²) >= 11 is 0. The third-order valence-electron chi connectivity index (χ3n) is 4.68. The summed E-state index contributed by atoms with van der Waals surface area (Å²) in [6, 6.07) is 20.2. The van der Waals surface area contributed by atoms with Gasteiger partial charge < -0.3 is 14.6 Å². The standard InChI is InChI=1S/C22H20N4O3/c1-26-18(12-13-23-26)21(15-8-4-3-5-9-15)24-22(27)17-14-20(29-25-17)16-10-6-7-11-19(16)28-2/h3-14,21H,1-2H3,(H,24,27). The van der Waals surface area contributed by atoms with Gasteiger partial charge in [0.15, 0.2) is 11.5 Å². The maximum absolute atomic E-state index is 12.9. The van der Waals surface area contributed by atoms with Gasteiger partial charge in [-0.25, -0.2) is 0 Å². The minimum atomic E-state index is -0.373. The Morgan fingerprint density at radius 1 is 1.10 bits per heavy atom. The van der Waals surface area contributed by atoms with E-state index in [0.29, 0.717) is 11.5 Å². The van der Waals surface area contributed by atoms with E-state index in [1.54, 1.807) is 24.1 Å². The average Bonchev–Trinajstić information content (AvgIpc) is 3.42. The molecule has 0 aliphatic rings. The van der Waals surface area contributed by atoms with Crippen molar-refractivity contribution in [3.8, 4) is 17.1 Å². The number of aromatic nitrogens is 3. The van der Waals surface area contributed by atoms with Crippen LogP contribution in [0, 0.1) is 0 Å². The van der Waals surface area contributed by atoms with Crippen molar-refractivity contribution in [2.45, 2.75) is 6.04 Å². The third kappa shape index (κ3) is 3.75. The first-order valence-electron chi connectivity index (χ1n) is 9.11. The van der Waals surface area contributed by atoms with Crippen LogP contribution in [0.2, 0.25) is 0 Å². The predicted molar refractivity (Wildman–Crippen MR) is 107 cm³/mol. The molecule has 2 aromatic heterocycles. The molecular weight excluding hydrogens is 368 g/mol. The van der Waals surface area contributed by atoms with Gasteiger partial charge in [-0.05, 0) is 23.8 Å². The van der Waals surface area contributed by atoms with E-state index in [-0.39, 0.29) is 17.6 Å². The zero-order valence-corrected chi connectivity index (χ0v) is 16.1. The number of hydrogen-bond acceptors (Lipinski definition) is 5. The van der Waals surface area contributed by atoms with E-state index >= 15 is 0 Å². The Morgan fingerprint density at radius 3 is 2.59 bits per heavy atom. The molecule has 7 nitrogen and oxygen atoms in total. The molecule has 1 unspecified atom stereocenters. The van der Waals surface area contributed by atoms with Crippen LogP contribution in [0.4, 0.5) is 0 Å². The van der Waals surface area contributed by atoms with E-state index in [1.165, 1.54) is 0 Å².